The van der Waals surface area contributed by atoms with Crippen LogP contribution in [-0.4, -0.2) is 19.7 Å². The summed E-state index contributed by atoms with van der Waals surface area (Å²) >= 11 is 0. The highest BCUT2D eigenvalue weighted by Crippen LogP contribution is 2.26. The number of nitrogens with two attached hydrogens (primary N) is 1. The first kappa shape index (κ1) is 13.3. The predicted octanol–water partition coefficient (Wildman–Crippen LogP) is 1.95. The molecule has 2 rings (SSSR count). The van der Waals surface area contributed by atoms with E-state index in [1.807, 2.05) is 31.6 Å². The third-order valence-corrected chi connectivity index (χ3v) is 2.67. The van der Waals surface area contributed by atoms with Gasteiger partial charge >= 0.3 is 0 Å². The highest BCUT2D eigenvalue weighted by Gasteiger charge is 2.12. The minimum absolute atomic E-state index is 0.284. The molecule has 0 aromatic carbocycles. The Bertz CT molecular complexity index is 578. The smallest absolute Gasteiger partial charge is 0.227 e. The van der Waals surface area contributed by atoms with Crippen molar-refractivity contribution in [1.82, 2.24) is 19.7 Å². The van der Waals surface area contributed by atoms with Crippen molar-refractivity contribution >= 4 is 5.82 Å². The first-order chi connectivity index (χ1) is 9.01. The zero-order valence-electron chi connectivity index (χ0n) is 11.5. The Kier molecular flexibility index (Phi) is 3.66. The van der Waals surface area contributed by atoms with Crippen LogP contribution in [-0.2, 0) is 0 Å². The van der Waals surface area contributed by atoms with Gasteiger partial charge in [-0.05, 0) is 27.7 Å². The van der Waals surface area contributed by atoms with Crippen molar-refractivity contribution in [2.75, 3.05) is 5.43 Å². The maximum absolute atomic E-state index is 5.73. The lowest BCUT2D eigenvalue weighted by molar-refractivity contribution is 0.452. The van der Waals surface area contributed by atoms with Crippen LogP contribution in [0.1, 0.15) is 31.3 Å². The summed E-state index contributed by atoms with van der Waals surface area (Å²) in [4.78, 5) is 8.44. The summed E-state index contributed by atoms with van der Waals surface area (Å²) in [5.41, 5.74) is 3.29. The van der Waals surface area contributed by atoms with Crippen molar-refractivity contribution in [3.05, 3.63) is 23.8 Å². The van der Waals surface area contributed by atoms with Crippen molar-refractivity contribution in [3.8, 4) is 11.6 Å². The van der Waals surface area contributed by atoms with E-state index >= 15 is 0 Å². The highest BCUT2D eigenvalue weighted by molar-refractivity contribution is 5.48. The number of hydrazine groups is 1. The highest BCUT2D eigenvalue weighted by atomic mass is 16.5. The number of nitrogens with zero attached hydrogens (tertiary/aromatic N) is 4. The third-order valence-electron chi connectivity index (χ3n) is 2.67. The molecule has 7 nitrogen and oxygen atoms in total. The van der Waals surface area contributed by atoms with E-state index in [4.69, 9.17) is 10.6 Å². The summed E-state index contributed by atoms with van der Waals surface area (Å²) < 4.78 is 7.55. The lowest BCUT2D eigenvalue weighted by Gasteiger charge is -2.10. The van der Waals surface area contributed by atoms with Crippen molar-refractivity contribution in [3.63, 3.8) is 0 Å². The second-order valence-corrected chi connectivity index (χ2v) is 4.55. The number of nitrogens with one attached hydrogen (secondary N) is 1. The van der Waals surface area contributed by atoms with Crippen LogP contribution in [0.15, 0.2) is 12.4 Å². The molecule has 0 aliphatic heterocycles. The van der Waals surface area contributed by atoms with Crippen molar-refractivity contribution in [2.24, 2.45) is 5.84 Å². The van der Waals surface area contributed by atoms with Gasteiger partial charge in [0.05, 0.1) is 18.0 Å². The molecule has 0 spiro atoms. The topological polar surface area (TPSA) is 90.9 Å². The molecule has 0 fully saturated rings. The molecule has 0 radical (unpaired) electrons. The van der Waals surface area contributed by atoms with E-state index < -0.39 is 0 Å². The molecule has 102 valence electrons. The fourth-order valence-electron chi connectivity index (χ4n) is 1.61. The molecule has 19 heavy (non-hydrogen) atoms. The molecule has 2 aromatic heterocycles. The summed E-state index contributed by atoms with van der Waals surface area (Å²) in [6, 6.07) is 0.284. The third kappa shape index (κ3) is 2.82. The molecule has 0 unspecified atom stereocenters. The molecule has 0 saturated heterocycles. The van der Waals surface area contributed by atoms with E-state index in [-0.39, 0.29) is 6.04 Å². The second-order valence-electron chi connectivity index (χ2n) is 4.55. The van der Waals surface area contributed by atoms with Crippen molar-refractivity contribution in [1.29, 1.82) is 0 Å². The monoisotopic (exact) mass is 262 g/mol. The van der Waals surface area contributed by atoms with E-state index in [1.54, 1.807) is 13.1 Å². The fourth-order valence-corrected chi connectivity index (χ4v) is 1.61. The molecular formula is C12H18N6O. The Labute approximate surface area is 111 Å². The molecule has 3 N–H and O–H groups in total. The molecule has 0 amide bonds. The zero-order valence-corrected chi connectivity index (χ0v) is 11.5. The van der Waals surface area contributed by atoms with Crippen LogP contribution in [0.4, 0.5) is 5.82 Å². The molecule has 2 heterocycles. The second kappa shape index (κ2) is 5.23. The lowest BCUT2D eigenvalue weighted by Crippen LogP contribution is -2.12. The number of ether oxygens (including phenoxy) is 1. The predicted molar refractivity (Wildman–Crippen MR) is 72.0 cm³/mol. The largest absolute Gasteiger partial charge is 0.435 e. The fraction of sp³-hybridized carbons (Fsp3) is 0.417. The van der Waals surface area contributed by atoms with Crippen LogP contribution >= 0.6 is 0 Å². The lowest BCUT2D eigenvalue weighted by atomic mass is 10.3. The summed E-state index contributed by atoms with van der Waals surface area (Å²) in [5, 5.41) is 4.21. The summed E-state index contributed by atoms with van der Waals surface area (Å²) in [7, 11) is 0. The zero-order chi connectivity index (χ0) is 14.0. The number of rotatable bonds is 4. The molecule has 0 bridgehead atoms. The van der Waals surface area contributed by atoms with Gasteiger partial charge in [-0.1, -0.05) is 0 Å². The van der Waals surface area contributed by atoms with Crippen LogP contribution in [0.2, 0.25) is 0 Å². The molecule has 2 aromatic rings. The van der Waals surface area contributed by atoms with E-state index in [0.29, 0.717) is 23.3 Å². The first-order valence-corrected chi connectivity index (χ1v) is 6.05. The summed E-state index contributed by atoms with van der Waals surface area (Å²) in [6.07, 6.45) is 3.49. The average Bonchev–Trinajstić information content (AvgIpc) is 2.82. The van der Waals surface area contributed by atoms with Gasteiger partial charge < -0.3 is 10.2 Å². The van der Waals surface area contributed by atoms with Crippen LogP contribution in [0, 0.1) is 13.8 Å². The van der Waals surface area contributed by atoms with Crippen LogP contribution < -0.4 is 16.0 Å². The SMILES string of the molecule is Cc1nc(NN)c(C)c(Oc2cnn(C(C)C)c2)n1. The van der Waals surface area contributed by atoms with E-state index in [9.17, 15) is 0 Å². The maximum Gasteiger partial charge on any atom is 0.227 e. The Morgan fingerprint density at radius 1 is 1.32 bits per heavy atom. The Morgan fingerprint density at radius 3 is 2.63 bits per heavy atom. The van der Waals surface area contributed by atoms with Gasteiger partial charge in [-0.3, -0.25) is 4.68 Å². The van der Waals surface area contributed by atoms with Gasteiger partial charge in [-0.15, -0.1) is 0 Å². The van der Waals surface area contributed by atoms with E-state index in [0.717, 1.165) is 5.56 Å². The Hall–Kier alpha value is -2.15. The van der Waals surface area contributed by atoms with E-state index in [1.165, 1.54) is 0 Å². The minimum atomic E-state index is 0.284. The minimum Gasteiger partial charge on any atom is -0.435 e. The van der Waals surface area contributed by atoms with E-state index in [2.05, 4.69) is 20.5 Å². The number of hydrogen-bond acceptors (Lipinski definition) is 6. The van der Waals surface area contributed by atoms with Gasteiger partial charge in [0.25, 0.3) is 0 Å². The van der Waals surface area contributed by atoms with Gasteiger partial charge in [-0.25, -0.2) is 10.8 Å². The number of aromatic nitrogens is 4. The standard InChI is InChI=1S/C12H18N6O/c1-7(2)18-6-10(5-14-18)19-12-8(3)11(17-13)15-9(4)16-12/h5-7H,13H2,1-4H3,(H,15,16,17). The van der Waals surface area contributed by atoms with Gasteiger partial charge in [-0.2, -0.15) is 10.1 Å². The van der Waals surface area contributed by atoms with Gasteiger partial charge in [0.15, 0.2) is 5.75 Å². The summed E-state index contributed by atoms with van der Waals surface area (Å²) in [5.74, 6) is 7.67. The average molecular weight is 262 g/mol. The molecule has 0 saturated carbocycles. The van der Waals surface area contributed by atoms with Gasteiger partial charge in [0, 0.05) is 6.04 Å². The molecule has 0 aliphatic carbocycles. The van der Waals surface area contributed by atoms with Crippen LogP contribution in [0.3, 0.4) is 0 Å². The van der Waals surface area contributed by atoms with Crippen LogP contribution in [0.5, 0.6) is 11.6 Å². The van der Waals surface area contributed by atoms with Gasteiger partial charge in [0.1, 0.15) is 11.6 Å². The Balaban J connectivity index is 2.29. The molecule has 0 atom stereocenters. The maximum atomic E-state index is 5.73. The molecule has 7 heteroatoms. The summed E-state index contributed by atoms with van der Waals surface area (Å²) in [6.45, 7) is 7.72. The first-order valence-electron chi connectivity index (χ1n) is 6.05. The number of hydrogen-bond donors (Lipinski definition) is 2. The molecule has 0 aliphatic rings. The quantitative estimate of drug-likeness (QED) is 0.646. The number of aryl methyl sites for hydroxylation is 1. The number of anilines is 1. The van der Waals surface area contributed by atoms with Gasteiger partial charge in [0.2, 0.25) is 5.88 Å². The van der Waals surface area contributed by atoms with Crippen molar-refractivity contribution in [2.45, 2.75) is 33.7 Å². The van der Waals surface area contributed by atoms with Crippen molar-refractivity contribution < 1.29 is 4.74 Å². The number of nitrogen functional groups attached to an aromatic ring is 1. The Morgan fingerprint density at radius 2 is 2.05 bits per heavy atom. The normalized spacial score (nSPS) is 10.8. The molecular weight excluding hydrogens is 244 g/mol. The van der Waals surface area contributed by atoms with Crippen LogP contribution in [0.25, 0.3) is 0 Å².